The average molecular weight is 329 g/mol. The molecule has 0 aliphatic heterocycles. The van der Waals surface area contributed by atoms with Crippen molar-refractivity contribution in [2.75, 3.05) is 21.3 Å². The van der Waals surface area contributed by atoms with Crippen molar-refractivity contribution in [1.82, 2.24) is 4.90 Å². The number of benzene rings is 2. The van der Waals surface area contributed by atoms with Crippen LogP contribution in [0.3, 0.4) is 0 Å². The van der Waals surface area contributed by atoms with Crippen molar-refractivity contribution in [3.05, 3.63) is 65.5 Å². The number of ether oxygens (including phenoxy) is 2. The Hall–Kier alpha value is -2.82. The van der Waals surface area contributed by atoms with Gasteiger partial charge >= 0.3 is 0 Å². The van der Waals surface area contributed by atoms with Crippen molar-refractivity contribution in [2.45, 2.75) is 6.54 Å². The van der Waals surface area contributed by atoms with E-state index in [1.165, 1.54) is 18.2 Å². The summed E-state index contributed by atoms with van der Waals surface area (Å²) in [5, 5.41) is 0. The summed E-state index contributed by atoms with van der Waals surface area (Å²) in [6.07, 6.45) is 3.18. The van der Waals surface area contributed by atoms with Crippen LogP contribution in [0.4, 0.5) is 4.39 Å². The van der Waals surface area contributed by atoms with Crippen LogP contribution in [0, 0.1) is 5.82 Å². The lowest BCUT2D eigenvalue weighted by atomic mass is 10.1. The number of hydrogen-bond donors (Lipinski definition) is 0. The Labute approximate surface area is 141 Å². The second-order valence-electron chi connectivity index (χ2n) is 5.26. The summed E-state index contributed by atoms with van der Waals surface area (Å²) in [4.78, 5) is 13.8. The summed E-state index contributed by atoms with van der Waals surface area (Å²) >= 11 is 0. The predicted molar refractivity (Wildman–Crippen MR) is 91.5 cm³/mol. The van der Waals surface area contributed by atoms with Crippen molar-refractivity contribution in [1.29, 1.82) is 0 Å². The third-order valence-electron chi connectivity index (χ3n) is 3.56. The van der Waals surface area contributed by atoms with Gasteiger partial charge in [-0.3, -0.25) is 4.79 Å². The number of methoxy groups -OCH3 is 2. The monoisotopic (exact) mass is 329 g/mol. The fourth-order valence-electron chi connectivity index (χ4n) is 2.19. The number of carbonyl (C=O) groups excluding carboxylic acids is 1. The molecule has 24 heavy (non-hydrogen) atoms. The van der Waals surface area contributed by atoms with E-state index in [2.05, 4.69) is 0 Å². The summed E-state index contributed by atoms with van der Waals surface area (Å²) in [7, 11) is 4.84. The molecule has 0 aliphatic rings. The van der Waals surface area contributed by atoms with Gasteiger partial charge < -0.3 is 14.4 Å². The molecule has 0 aliphatic carbocycles. The van der Waals surface area contributed by atoms with Gasteiger partial charge in [0.1, 0.15) is 17.3 Å². The minimum Gasteiger partial charge on any atom is -0.497 e. The van der Waals surface area contributed by atoms with Crippen LogP contribution < -0.4 is 9.47 Å². The quantitative estimate of drug-likeness (QED) is 0.761. The molecule has 126 valence electrons. The van der Waals surface area contributed by atoms with Gasteiger partial charge in [0, 0.05) is 31.3 Å². The molecule has 0 atom stereocenters. The number of hydrogen-bond acceptors (Lipinski definition) is 3. The first-order chi connectivity index (χ1) is 11.5. The number of likely N-dealkylation sites (N-methyl/N-ethyl adjacent to an activating group) is 1. The molecule has 5 heteroatoms. The Morgan fingerprint density at radius 2 is 1.83 bits per heavy atom. The van der Waals surface area contributed by atoms with E-state index in [4.69, 9.17) is 9.47 Å². The topological polar surface area (TPSA) is 38.8 Å². The summed E-state index contributed by atoms with van der Waals surface area (Å²) < 4.78 is 23.3. The summed E-state index contributed by atoms with van der Waals surface area (Å²) in [5.41, 5.74) is 1.64. The number of carbonyl (C=O) groups is 1. The lowest BCUT2D eigenvalue weighted by Crippen LogP contribution is -2.24. The van der Waals surface area contributed by atoms with Crippen LogP contribution in [0.25, 0.3) is 6.08 Å². The molecule has 0 N–H and O–H groups in total. The van der Waals surface area contributed by atoms with Gasteiger partial charge in [-0.2, -0.15) is 0 Å². The molecule has 0 aromatic heterocycles. The number of rotatable bonds is 6. The molecule has 2 aromatic carbocycles. The first-order valence-electron chi connectivity index (χ1n) is 7.43. The van der Waals surface area contributed by atoms with Gasteiger partial charge in [0.15, 0.2) is 0 Å². The van der Waals surface area contributed by atoms with Crippen LogP contribution in [-0.2, 0) is 11.3 Å². The highest BCUT2D eigenvalue weighted by molar-refractivity contribution is 5.92. The third kappa shape index (κ3) is 4.59. The van der Waals surface area contributed by atoms with Gasteiger partial charge in [0.05, 0.1) is 14.2 Å². The minimum absolute atomic E-state index is 0.155. The van der Waals surface area contributed by atoms with Crippen LogP contribution in [0.5, 0.6) is 11.5 Å². The lowest BCUT2D eigenvalue weighted by Gasteiger charge is -2.15. The van der Waals surface area contributed by atoms with E-state index in [9.17, 15) is 9.18 Å². The zero-order chi connectivity index (χ0) is 17.5. The molecule has 0 saturated heterocycles. The zero-order valence-corrected chi connectivity index (χ0v) is 14.0. The predicted octanol–water partition coefficient (Wildman–Crippen LogP) is 3.51. The maximum Gasteiger partial charge on any atom is 0.246 e. The first-order valence-corrected chi connectivity index (χ1v) is 7.43. The van der Waals surface area contributed by atoms with Crippen LogP contribution in [-0.4, -0.2) is 32.1 Å². The molecule has 2 aromatic rings. The molecule has 0 fully saturated rings. The van der Waals surface area contributed by atoms with Crippen molar-refractivity contribution in [2.24, 2.45) is 0 Å². The lowest BCUT2D eigenvalue weighted by molar-refractivity contribution is -0.125. The second kappa shape index (κ2) is 8.15. The number of amides is 1. The van der Waals surface area contributed by atoms with E-state index in [1.807, 2.05) is 6.07 Å². The summed E-state index contributed by atoms with van der Waals surface area (Å²) in [6.45, 7) is 0.406. The molecule has 0 saturated carbocycles. The maximum absolute atomic E-state index is 12.9. The fraction of sp³-hybridized carbons (Fsp3) is 0.211. The van der Waals surface area contributed by atoms with Gasteiger partial charge in [0.2, 0.25) is 5.91 Å². The highest BCUT2D eigenvalue weighted by Crippen LogP contribution is 2.25. The molecule has 1 amide bonds. The molecule has 4 nitrogen and oxygen atoms in total. The highest BCUT2D eigenvalue weighted by atomic mass is 19.1. The molecular formula is C19H20FNO3. The molecule has 0 spiro atoms. The van der Waals surface area contributed by atoms with Gasteiger partial charge in [0.25, 0.3) is 0 Å². The normalized spacial score (nSPS) is 10.7. The van der Waals surface area contributed by atoms with E-state index < -0.39 is 0 Å². The minimum atomic E-state index is -0.292. The van der Waals surface area contributed by atoms with Gasteiger partial charge in [-0.25, -0.2) is 4.39 Å². The molecule has 0 radical (unpaired) electrons. The van der Waals surface area contributed by atoms with E-state index in [1.54, 1.807) is 56.5 Å². The highest BCUT2D eigenvalue weighted by Gasteiger charge is 2.07. The second-order valence-corrected chi connectivity index (χ2v) is 5.26. The van der Waals surface area contributed by atoms with Gasteiger partial charge in [-0.1, -0.05) is 12.1 Å². The third-order valence-corrected chi connectivity index (χ3v) is 3.56. The Kier molecular flexibility index (Phi) is 5.95. The number of nitrogens with zero attached hydrogens (tertiary/aromatic N) is 1. The molecule has 2 rings (SSSR count). The molecular weight excluding hydrogens is 309 g/mol. The van der Waals surface area contributed by atoms with Crippen LogP contribution in [0.2, 0.25) is 0 Å². The Balaban J connectivity index is 2.05. The first kappa shape index (κ1) is 17.5. The van der Waals surface area contributed by atoms with Crippen LogP contribution in [0.15, 0.2) is 48.5 Å². The van der Waals surface area contributed by atoms with Crippen molar-refractivity contribution < 1.29 is 18.7 Å². The van der Waals surface area contributed by atoms with Crippen molar-refractivity contribution in [3.8, 4) is 11.5 Å². The van der Waals surface area contributed by atoms with Gasteiger partial charge in [-0.15, -0.1) is 0 Å². The van der Waals surface area contributed by atoms with E-state index in [0.29, 0.717) is 18.0 Å². The Bertz CT molecular complexity index is 726. The fourth-order valence-corrected chi connectivity index (χ4v) is 2.19. The SMILES string of the molecule is COc1ccc(/C=C/C(=O)N(C)Cc2ccc(F)cc2)c(OC)c1. The van der Waals surface area contributed by atoms with E-state index >= 15 is 0 Å². The summed E-state index contributed by atoms with van der Waals surface area (Å²) in [5.74, 6) is 0.861. The van der Waals surface area contributed by atoms with Crippen LogP contribution >= 0.6 is 0 Å². The standard InChI is InChI=1S/C19H20FNO3/c1-21(13-14-4-8-16(20)9-5-14)19(22)11-7-15-6-10-17(23-2)12-18(15)24-3/h4-12H,13H2,1-3H3/b11-7+. The average Bonchev–Trinajstić information content (AvgIpc) is 2.61. The molecule has 0 bridgehead atoms. The largest absolute Gasteiger partial charge is 0.497 e. The van der Waals surface area contributed by atoms with Crippen molar-refractivity contribution >= 4 is 12.0 Å². The Morgan fingerprint density at radius 3 is 2.46 bits per heavy atom. The Morgan fingerprint density at radius 1 is 1.12 bits per heavy atom. The van der Waals surface area contributed by atoms with Gasteiger partial charge in [-0.05, 0) is 35.9 Å². The maximum atomic E-state index is 12.9. The molecule has 0 heterocycles. The summed E-state index contributed by atoms with van der Waals surface area (Å²) in [6, 6.07) is 11.5. The molecule has 0 unspecified atom stereocenters. The van der Waals surface area contributed by atoms with E-state index in [0.717, 1.165) is 11.1 Å². The van der Waals surface area contributed by atoms with Crippen LogP contribution in [0.1, 0.15) is 11.1 Å². The zero-order valence-electron chi connectivity index (χ0n) is 14.0. The van der Waals surface area contributed by atoms with Crippen molar-refractivity contribution in [3.63, 3.8) is 0 Å². The number of halogens is 1. The van der Waals surface area contributed by atoms with E-state index in [-0.39, 0.29) is 11.7 Å². The smallest absolute Gasteiger partial charge is 0.246 e.